The van der Waals surface area contributed by atoms with Gasteiger partial charge in [0.2, 0.25) is 0 Å². The van der Waals surface area contributed by atoms with E-state index in [2.05, 4.69) is 20.2 Å². The summed E-state index contributed by atoms with van der Waals surface area (Å²) in [5.41, 5.74) is 2.38. The molecule has 2 aromatic rings. The molecule has 7 nitrogen and oxygen atoms in total. The van der Waals surface area contributed by atoms with Crippen LogP contribution >= 0.6 is 0 Å². The lowest BCUT2D eigenvalue weighted by Gasteiger charge is -2.17. The maximum absolute atomic E-state index is 12.7. The maximum Gasteiger partial charge on any atom is 0.263 e. The highest BCUT2D eigenvalue weighted by molar-refractivity contribution is 7.92. The SMILES string of the molecule is O=S(=O)(Nc1ccc(NCC2CCCO2)nn1)c1ccc2c(c1)CCCC2. The molecule has 0 radical (unpaired) electrons. The third kappa shape index (κ3) is 4.39. The lowest BCUT2D eigenvalue weighted by atomic mass is 9.92. The molecule has 1 aliphatic heterocycles. The van der Waals surface area contributed by atoms with Crippen molar-refractivity contribution in [1.82, 2.24) is 10.2 Å². The summed E-state index contributed by atoms with van der Waals surface area (Å²) in [6.07, 6.45) is 6.56. The first-order chi connectivity index (χ1) is 13.1. The van der Waals surface area contributed by atoms with Gasteiger partial charge in [0.1, 0.15) is 5.82 Å². The van der Waals surface area contributed by atoms with Gasteiger partial charge in [0.15, 0.2) is 5.82 Å². The summed E-state index contributed by atoms with van der Waals surface area (Å²) in [5, 5.41) is 11.2. The lowest BCUT2D eigenvalue weighted by molar-refractivity contribution is 0.120. The van der Waals surface area contributed by atoms with Gasteiger partial charge >= 0.3 is 0 Å². The number of hydrogen-bond donors (Lipinski definition) is 2. The quantitative estimate of drug-likeness (QED) is 0.790. The van der Waals surface area contributed by atoms with Gasteiger partial charge in [0, 0.05) is 13.2 Å². The molecular formula is C19H24N4O3S. The van der Waals surface area contributed by atoms with Crippen molar-refractivity contribution in [3.8, 4) is 0 Å². The highest BCUT2D eigenvalue weighted by atomic mass is 32.2. The molecule has 4 rings (SSSR count). The molecule has 1 aromatic carbocycles. The monoisotopic (exact) mass is 388 g/mol. The molecular weight excluding hydrogens is 364 g/mol. The Morgan fingerprint density at radius 3 is 2.52 bits per heavy atom. The van der Waals surface area contributed by atoms with Crippen LogP contribution in [-0.4, -0.2) is 37.9 Å². The standard InChI is InChI=1S/C19H24N4O3S/c24-27(25,17-8-7-14-4-1-2-5-15(14)12-17)23-19-10-9-18(21-22-19)20-13-16-6-3-11-26-16/h7-10,12,16H,1-6,11,13H2,(H,20,21)(H,22,23). The van der Waals surface area contributed by atoms with Crippen molar-refractivity contribution in [2.75, 3.05) is 23.2 Å². The number of ether oxygens (including phenoxy) is 1. The number of benzene rings is 1. The van der Waals surface area contributed by atoms with Gasteiger partial charge in [0.25, 0.3) is 10.0 Å². The van der Waals surface area contributed by atoms with Gasteiger partial charge in [-0.1, -0.05) is 6.07 Å². The molecule has 2 N–H and O–H groups in total. The Hall–Kier alpha value is -2.19. The third-order valence-electron chi connectivity index (χ3n) is 5.07. The van der Waals surface area contributed by atoms with Crippen molar-refractivity contribution in [3.63, 3.8) is 0 Å². The van der Waals surface area contributed by atoms with E-state index in [0.717, 1.165) is 44.3 Å². The average Bonchev–Trinajstić information content (AvgIpc) is 3.20. The lowest BCUT2D eigenvalue weighted by Crippen LogP contribution is -2.19. The van der Waals surface area contributed by atoms with Crippen LogP contribution in [0.5, 0.6) is 0 Å². The van der Waals surface area contributed by atoms with Gasteiger partial charge in [0.05, 0.1) is 11.0 Å². The molecule has 0 amide bonds. The Morgan fingerprint density at radius 1 is 1.00 bits per heavy atom. The number of aryl methyl sites for hydroxylation is 2. The summed E-state index contributed by atoms with van der Waals surface area (Å²) in [4.78, 5) is 0.269. The zero-order valence-corrected chi connectivity index (χ0v) is 16.0. The van der Waals surface area contributed by atoms with Crippen molar-refractivity contribution in [3.05, 3.63) is 41.5 Å². The van der Waals surface area contributed by atoms with E-state index in [-0.39, 0.29) is 16.8 Å². The number of hydrogen-bond acceptors (Lipinski definition) is 6. The van der Waals surface area contributed by atoms with Crippen LogP contribution < -0.4 is 10.0 Å². The van der Waals surface area contributed by atoms with Crippen molar-refractivity contribution >= 4 is 21.7 Å². The Labute approximate surface area is 159 Å². The molecule has 2 heterocycles. The van der Waals surface area contributed by atoms with Crippen LogP contribution in [0, 0.1) is 0 Å². The van der Waals surface area contributed by atoms with Gasteiger partial charge in [-0.15, -0.1) is 10.2 Å². The Morgan fingerprint density at radius 2 is 1.78 bits per heavy atom. The molecule has 1 aromatic heterocycles. The molecule has 0 bridgehead atoms. The smallest absolute Gasteiger partial charge is 0.263 e. The highest BCUT2D eigenvalue weighted by Gasteiger charge is 2.19. The molecule has 0 saturated carbocycles. The second-order valence-corrected chi connectivity index (χ2v) is 8.75. The second-order valence-electron chi connectivity index (χ2n) is 7.06. The van der Waals surface area contributed by atoms with Crippen molar-refractivity contribution in [2.45, 2.75) is 49.5 Å². The van der Waals surface area contributed by atoms with Gasteiger partial charge in [-0.2, -0.15) is 0 Å². The fourth-order valence-corrected chi connectivity index (χ4v) is 4.62. The van der Waals surface area contributed by atoms with Crippen LogP contribution in [0.3, 0.4) is 0 Å². The first kappa shape index (κ1) is 18.2. The molecule has 1 fully saturated rings. The molecule has 1 aliphatic carbocycles. The Bertz CT molecular complexity index is 894. The zero-order valence-electron chi connectivity index (χ0n) is 15.1. The van der Waals surface area contributed by atoms with E-state index in [1.807, 2.05) is 6.07 Å². The second kappa shape index (κ2) is 7.82. The molecule has 27 heavy (non-hydrogen) atoms. The van der Waals surface area contributed by atoms with E-state index < -0.39 is 10.0 Å². The number of nitrogens with one attached hydrogen (secondary N) is 2. The maximum atomic E-state index is 12.7. The number of nitrogens with zero attached hydrogens (tertiary/aromatic N) is 2. The van der Waals surface area contributed by atoms with E-state index in [1.54, 1.807) is 24.3 Å². The molecule has 1 atom stereocenters. The van der Waals surface area contributed by atoms with Gasteiger partial charge in [-0.3, -0.25) is 4.72 Å². The third-order valence-corrected chi connectivity index (χ3v) is 6.42. The van der Waals surface area contributed by atoms with Crippen LogP contribution in [-0.2, 0) is 27.6 Å². The summed E-state index contributed by atoms with van der Waals surface area (Å²) < 4.78 is 33.4. The fraction of sp³-hybridized carbons (Fsp3) is 0.474. The van der Waals surface area contributed by atoms with E-state index in [9.17, 15) is 8.42 Å². The summed E-state index contributed by atoms with van der Waals surface area (Å²) in [7, 11) is -3.68. The van der Waals surface area contributed by atoms with Crippen molar-refractivity contribution in [2.24, 2.45) is 0 Å². The van der Waals surface area contributed by atoms with Gasteiger partial charge in [-0.25, -0.2) is 8.42 Å². The predicted octanol–water partition coefficient (Wildman–Crippen LogP) is 2.75. The molecule has 144 valence electrons. The van der Waals surface area contributed by atoms with Crippen LogP contribution in [0.15, 0.2) is 35.2 Å². The first-order valence-electron chi connectivity index (χ1n) is 9.44. The highest BCUT2D eigenvalue weighted by Crippen LogP contribution is 2.25. The van der Waals surface area contributed by atoms with E-state index in [1.165, 1.54) is 12.0 Å². The minimum absolute atomic E-state index is 0.203. The molecule has 2 aliphatic rings. The molecule has 1 saturated heterocycles. The largest absolute Gasteiger partial charge is 0.376 e. The minimum atomic E-state index is -3.68. The van der Waals surface area contributed by atoms with Gasteiger partial charge < -0.3 is 10.1 Å². The fourth-order valence-electron chi connectivity index (χ4n) is 3.58. The van der Waals surface area contributed by atoms with Crippen molar-refractivity contribution in [1.29, 1.82) is 0 Å². The number of fused-ring (bicyclic) bond motifs is 1. The summed E-state index contributed by atoms with van der Waals surface area (Å²) in [5.74, 6) is 0.803. The Kier molecular flexibility index (Phi) is 5.27. The summed E-state index contributed by atoms with van der Waals surface area (Å²) in [6, 6.07) is 8.69. The summed E-state index contributed by atoms with van der Waals surface area (Å²) >= 11 is 0. The van der Waals surface area contributed by atoms with Crippen molar-refractivity contribution < 1.29 is 13.2 Å². The van der Waals surface area contributed by atoms with E-state index in [4.69, 9.17) is 4.74 Å². The number of rotatable bonds is 6. The number of sulfonamides is 1. The molecule has 0 spiro atoms. The minimum Gasteiger partial charge on any atom is -0.376 e. The van der Waals surface area contributed by atoms with Crippen LogP contribution in [0.25, 0.3) is 0 Å². The summed E-state index contributed by atoms with van der Waals surface area (Å²) in [6.45, 7) is 1.48. The molecule has 1 unspecified atom stereocenters. The van der Waals surface area contributed by atoms with Crippen LogP contribution in [0.1, 0.15) is 36.8 Å². The molecule has 8 heteroatoms. The van der Waals surface area contributed by atoms with Crippen LogP contribution in [0.2, 0.25) is 0 Å². The predicted molar refractivity (Wildman–Crippen MR) is 103 cm³/mol. The zero-order chi connectivity index (χ0) is 18.7. The average molecular weight is 388 g/mol. The first-order valence-corrected chi connectivity index (χ1v) is 10.9. The van der Waals surface area contributed by atoms with Gasteiger partial charge in [-0.05, 0) is 73.9 Å². The topological polar surface area (TPSA) is 93.2 Å². The number of aromatic nitrogens is 2. The van der Waals surface area contributed by atoms with E-state index in [0.29, 0.717) is 12.4 Å². The Balaban J connectivity index is 1.41. The normalized spacial score (nSPS) is 19.5. The van der Waals surface area contributed by atoms with E-state index >= 15 is 0 Å². The van der Waals surface area contributed by atoms with Crippen LogP contribution in [0.4, 0.5) is 11.6 Å². The number of anilines is 2.